The number of aromatic nitrogens is 2. The van der Waals surface area contributed by atoms with Crippen LogP contribution in [-0.4, -0.2) is 46.7 Å². The molecule has 4 aromatic rings. The summed E-state index contributed by atoms with van der Waals surface area (Å²) >= 11 is 0. The number of para-hydroxylation sites is 1. The standard InChI is InChI=1S/C31H32F3N3O4/c1-4-40-18-17-36(28(38)20-22-9-8-10-23(19-22)31(32,33)34)21(3)29-35-27-12-7-6-11-26(27)30(39)37(29)24-13-15-25(16-14-24)41-5-2/h6-16,19,21H,4-5,17-18,20H2,1-3H3. The van der Waals surface area contributed by atoms with E-state index in [1.165, 1.54) is 21.6 Å². The van der Waals surface area contributed by atoms with Gasteiger partial charge in [0.1, 0.15) is 11.6 Å². The smallest absolute Gasteiger partial charge is 0.416 e. The molecule has 0 saturated heterocycles. The molecule has 1 amide bonds. The van der Waals surface area contributed by atoms with Gasteiger partial charge in [0.05, 0.1) is 47.8 Å². The number of carbonyl (C=O) groups is 1. The van der Waals surface area contributed by atoms with E-state index < -0.39 is 23.7 Å². The first-order valence-corrected chi connectivity index (χ1v) is 13.4. The molecule has 0 bridgehead atoms. The number of fused-ring (bicyclic) bond motifs is 1. The zero-order valence-electron chi connectivity index (χ0n) is 23.1. The number of halogens is 3. The minimum Gasteiger partial charge on any atom is -0.494 e. The fraction of sp³-hybridized carbons (Fsp3) is 0.323. The molecule has 216 valence electrons. The van der Waals surface area contributed by atoms with Crippen LogP contribution in [-0.2, 0) is 22.1 Å². The van der Waals surface area contributed by atoms with Crippen molar-refractivity contribution in [3.8, 4) is 11.4 Å². The van der Waals surface area contributed by atoms with Gasteiger partial charge < -0.3 is 14.4 Å². The highest BCUT2D eigenvalue weighted by Gasteiger charge is 2.31. The predicted molar refractivity (Wildman–Crippen MR) is 150 cm³/mol. The molecule has 1 unspecified atom stereocenters. The first kappa shape index (κ1) is 29.8. The molecule has 0 spiro atoms. The maximum absolute atomic E-state index is 13.8. The summed E-state index contributed by atoms with van der Waals surface area (Å²) in [6, 6.07) is 17.9. The molecule has 0 aliphatic rings. The summed E-state index contributed by atoms with van der Waals surface area (Å²) < 4.78 is 52.4. The number of benzene rings is 3. The first-order valence-electron chi connectivity index (χ1n) is 13.4. The zero-order chi connectivity index (χ0) is 29.6. The third-order valence-electron chi connectivity index (χ3n) is 6.66. The Balaban J connectivity index is 1.78. The van der Waals surface area contributed by atoms with Gasteiger partial charge in [-0.15, -0.1) is 0 Å². The van der Waals surface area contributed by atoms with E-state index >= 15 is 0 Å². The summed E-state index contributed by atoms with van der Waals surface area (Å²) in [5.41, 5.74) is 0.105. The van der Waals surface area contributed by atoms with E-state index in [9.17, 15) is 22.8 Å². The van der Waals surface area contributed by atoms with Gasteiger partial charge in [-0.1, -0.05) is 30.3 Å². The van der Waals surface area contributed by atoms with E-state index in [1.807, 2.05) is 13.8 Å². The zero-order valence-corrected chi connectivity index (χ0v) is 23.1. The number of alkyl halides is 3. The maximum Gasteiger partial charge on any atom is 0.416 e. The second kappa shape index (κ2) is 13.0. The highest BCUT2D eigenvalue weighted by Crippen LogP contribution is 2.30. The molecule has 3 aromatic carbocycles. The van der Waals surface area contributed by atoms with E-state index in [4.69, 9.17) is 14.5 Å². The van der Waals surface area contributed by atoms with Gasteiger partial charge in [-0.3, -0.25) is 14.2 Å². The van der Waals surface area contributed by atoms with Crippen molar-refractivity contribution < 1.29 is 27.4 Å². The number of amides is 1. The Morgan fingerprint density at radius 3 is 2.41 bits per heavy atom. The van der Waals surface area contributed by atoms with Crippen LogP contribution in [0.5, 0.6) is 5.75 Å². The topological polar surface area (TPSA) is 73.7 Å². The minimum absolute atomic E-state index is 0.152. The number of rotatable bonds is 11. The summed E-state index contributed by atoms with van der Waals surface area (Å²) in [7, 11) is 0. The molecule has 0 aliphatic heterocycles. The molecular formula is C31H32F3N3O4. The second-order valence-corrected chi connectivity index (χ2v) is 9.39. The molecule has 0 fully saturated rings. The molecule has 0 aliphatic carbocycles. The third kappa shape index (κ3) is 6.94. The first-order chi connectivity index (χ1) is 19.6. The van der Waals surface area contributed by atoms with Crippen molar-refractivity contribution >= 4 is 16.8 Å². The summed E-state index contributed by atoms with van der Waals surface area (Å²) in [4.78, 5) is 33.8. The molecule has 1 aromatic heterocycles. The van der Waals surface area contributed by atoms with E-state index in [0.717, 1.165) is 12.1 Å². The molecule has 0 saturated carbocycles. The Morgan fingerprint density at radius 2 is 1.73 bits per heavy atom. The number of hydrogen-bond acceptors (Lipinski definition) is 5. The molecule has 41 heavy (non-hydrogen) atoms. The van der Waals surface area contributed by atoms with Crippen molar-refractivity contribution in [2.24, 2.45) is 0 Å². The van der Waals surface area contributed by atoms with Gasteiger partial charge in [-0.05, 0) is 68.8 Å². The van der Waals surface area contributed by atoms with Gasteiger partial charge in [0.15, 0.2) is 0 Å². The lowest BCUT2D eigenvalue weighted by atomic mass is 10.1. The average molecular weight is 568 g/mol. The van der Waals surface area contributed by atoms with Crippen LogP contribution in [0.2, 0.25) is 0 Å². The molecule has 1 heterocycles. The molecule has 1 atom stereocenters. The highest BCUT2D eigenvalue weighted by molar-refractivity contribution is 5.80. The van der Waals surface area contributed by atoms with Crippen molar-refractivity contribution in [2.45, 2.75) is 39.4 Å². The number of nitrogens with zero attached hydrogens (tertiary/aromatic N) is 3. The lowest BCUT2D eigenvalue weighted by Crippen LogP contribution is -2.40. The predicted octanol–water partition coefficient (Wildman–Crippen LogP) is 5.97. The van der Waals surface area contributed by atoms with Crippen LogP contribution in [0.15, 0.2) is 77.6 Å². The lowest BCUT2D eigenvalue weighted by molar-refractivity contribution is -0.138. The van der Waals surface area contributed by atoms with Crippen LogP contribution in [0.3, 0.4) is 0 Å². The van der Waals surface area contributed by atoms with E-state index in [-0.39, 0.29) is 30.7 Å². The van der Waals surface area contributed by atoms with Crippen LogP contribution in [0.25, 0.3) is 16.6 Å². The SMILES string of the molecule is CCOCCN(C(=O)Cc1cccc(C(F)(F)F)c1)C(C)c1nc2ccccc2c(=O)n1-c1ccc(OCC)cc1. The average Bonchev–Trinajstić information content (AvgIpc) is 2.95. The molecule has 0 N–H and O–H groups in total. The van der Waals surface area contributed by atoms with Gasteiger partial charge in [0, 0.05) is 13.2 Å². The van der Waals surface area contributed by atoms with E-state index in [1.54, 1.807) is 55.5 Å². The van der Waals surface area contributed by atoms with Crippen molar-refractivity contribution in [2.75, 3.05) is 26.4 Å². The van der Waals surface area contributed by atoms with Crippen molar-refractivity contribution in [3.05, 3.63) is 100 Å². The number of ether oxygens (including phenoxy) is 2. The van der Waals surface area contributed by atoms with Crippen molar-refractivity contribution in [3.63, 3.8) is 0 Å². The summed E-state index contributed by atoms with van der Waals surface area (Å²) in [5, 5.41) is 0.411. The molecular weight excluding hydrogens is 535 g/mol. The largest absolute Gasteiger partial charge is 0.494 e. The van der Waals surface area contributed by atoms with Crippen molar-refractivity contribution in [1.29, 1.82) is 0 Å². The molecule has 4 rings (SSSR count). The number of hydrogen-bond donors (Lipinski definition) is 0. The summed E-state index contributed by atoms with van der Waals surface area (Å²) in [6.45, 7) is 6.72. The molecule has 7 nitrogen and oxygen atoms in total. The van der Waals surface area contributed by atoms with Crippen molar-refractivity contribution in [1.82, 2.24) is 14.5 Å². The van der Waals surface area contributed by atoms with Crippen LogP contribution < -0.4 is 10.3 Å². The maximum atomic E-state index is 13.8. The molecule has 10 heteroatoms. The van der Waals surface area contributed by atoms with Gasteiger partial charge in [-0.2, -0.15) is 13.2 Å². The highest BCUT2D eigenvalue weighted by atomic mass is 19.4. The fourth-order valence-corrected chi connectivity index (χ4v) is 4.65. The van der Waals surface area contributed by atoms with Crippen LogP contribution in [0.4, 0.5) is 13.2 Å². The van der Waals surface area contributed by atoms with Gasteiger partial charge in [0.2, 0.25) is 5.91 Å². The van der Waals surface area contributed by atoms with Gasteiger partial charge >= 0.3 is 6.18 Å². The normalized spacial score (nSPS) is 12.3. The Bertz CT molecular complexity index is 1550. The van der Waals surface area contributed by atoms with Crippen LogP contribution in [0.1, 0.15) is 43.8 Å². The third-order valence-corrected chi connectivity index (χ3v) is 6.66. The molecule has 0 radical (unpaired) electrons. The van der Waals surface area contributed by atoms with Gasteiger partial charge in [-0.25, -0.2) is 4.98 Å². The van der Waals surface area contributed by atoms with Crippen LogP contribution >= 0.6 is 0 Å². The Kier molecular flexibility index (Phi) is 9.44. The minimum atomic E-state index is -4.52. The monoisotopic (exact) mass is 567 g/mol. The van der Waals surface area contributed by atoms with Gasteiger partial charge in [0.25, 0.3) is 5.56 Å². The quantitative estimate of drug-likeness (QED) is 0.209. The van der Waals surface area contributed by atoms with Crippen LogP contribution in [0, 0.1) is 0 Å². The fourth-order valence-electron chi connectivity index (χ4n) is 4.65. The van der Waals surface area contributed by atoms with E-state index in [2.05, 4.69) is 0 Å². The Labute approximate surface area is 236 Å². The Hall–Kier alpha value is -4.18. The van der Waals surface area contributed by atoms with E-state index in [0.29, 0.717) is 41.4 Å². The Morgan fingerprint density at radius 1 is 1.00 bits per heavy atom. The second-order valence-electron chi connectivity index (χ2n) is 9.39. The number of carbonyl (C=O) groups excluding carboxylic acids is 1. The lowest BCUT2D eigenvalue weighted by Gasteiger charge is -2.31. The summed E-state index contributed by atoms with van der Waals surface area (Å²) in [6.07, 6.45) is -4.79. The summed E-state index contributed by atoms with van der Waals surface area (Å²) in [5.74, 6) is 0.534.